The summed E-state index contributed by atoms with van der Waals surface area (Å²) >= 11 is 0. The second kappa shape index (κ2) is 7.22. The number of methoxy groups -OCH3 is 1. The van der Waals surface area contributed by atoms with Crippen LogP contribution in [0, 0.1) is 6.92 Å². The van der Waals surface area contributed by atoms with Crippen LogP contribution in [0.2, 0.25) is 0 Å². The van der Waals surface area contributed by atoms with Gasteiger partial charge in [-0.1, -0.05) is 23.4 Å². The fourth-order valence-electron chi connectivity index (χ4n) is 3.62. The van der Waals surface area contributed by atoms with Crippen molar-refractivity contribution < 1.29 is 14.0 Å². The number of fused-ring (bicyclic) bond motifs is 1. The van der Waals surface area contributed by atoms with Gasteiger partial charge in [0.05, 0.1) is 19.1 Å². The van der Waals surface area contributed by atoms with Gasteiger partial charge in [0.1, 0.15) is 35.4 Å². The highest BCUT2D eigenvalue weighted by Crippen LogP contribution is 2.31. The number of amidine groups is 1. The predicted octanol–water partition coefficient (Wildman–Crippen LogP) is 3.70. The molecule has 4 aromatic rings. The number of furan rings is 1. The molecule has 0 radical (unpaired) electrons. The number of oxime groups is 1. The Morgan fingerprint density at radius 2 is 2.03 bits per heavy atom. The average Bonchev–Trinajstić information content (AvgIpc) is 3.39. The molecule has 30 heavy (non-hydrogen) atoms. The zero-order valence-corrected chi connectivity index (χ0v) is 16.9. The molecule has 1 aromatic carbocycles. The van der Waals surface area contributed by atoms with Gasteiger partial charge in [-0.3, -0.25) is 0 Å². The molecule has 1 aliphatic rings. The van der Waals surface area contributed by atoms with Gasteiger partial charge in [0.2, 0.25) is 5.88 Å². The maximum Gasteiger partial charge on any atom is 0.238 e. The van der Waals surface area contributed by atoms with Crippen LogP contribution in [0.4, 0.5) is 0 Å². The zero-order valence-electron chi connectivity index (χ0n) is 16.9. The fraction of sp³-hybridized carbons (Fsp3) is 0.227. The van der Waals surface area contributed by atoms with Crippen molar-refractivity contribution in [2.75, 3.05) is 20.8 Å². The Balaban J connectivity index is 1.48. The number of likely N-dealkylation sites (N-methyl/N-ethyl adjacent to an activating group) is 1. The number of rotatable bonds is 4. The van der Waals surface area contributed by atoms with Crippen molar-refractivity contribution in [1.82, 2.24) is 19.4 Å². The fourth-order valence-corrected chi connectivity index (χ4v) is 3.62. The van der Waals surface area contributed by atoms with Crippen LogP contribution >= 0.6 is 0 Å². The number of para-hydroxylation sites is 1. The van der Waals surface area contributed by atoms with E-state index in [1.807, 2.05) is 72.1 Å². The van der Waals surface area contributed by atoms with Crippen molar-refractivity contribution in [3.05, 3.63) is 72.1 Å². The number of hydrogen-bond donors (Lipinski definition) is 0. The van der Waals surface area contributed by atoms with Gasteiger partial charge >= 0.3 is 0 Å². The van der Waals surface area contributed by atoms with Gasteiger partial charge < -0.3 is 23.5 Å². The Labute approximate surface area is 173 Å². The Hall–Kier alpha value is -3.81. The van der Waals surface area contributed by atoms with E-state index in [0.717, 1.165) is 28.1 Å². The molecule has 0 aliphatic carbocycles. The van der Waals surface area contributed by atoms with Crippen LogP contribution in [0.3, 0.4) is 0 Å². The smallest absolute Gasteiger partial charge is 0.238 e. The monoisotopic (exact) mass is 403 g/mol. The predicted molar refractivity (Wildman–Crippen MR) is 112 cm³/mol. The lowest BCUT2D eigenvalue weighted by atomic mass is 10.1. The lowest BCUT2D eigenvalue weighted by Crippen LogP contribution is -2.38. The van der Waals surface area contributed by atoms with Gasteiger partial charge in [-0.2, -0.15) is 0 Å². The molecule has 0 saturated heterocycles. The minimum absolute atomic E-state index is 0.117. The number of nitrogens with zero attached hydrogens (tertiary/aromatic N) is 5. The summed E-state index contributed by atoms with van der Waals surface area (Å²) in [5.74, 6) is 1.91. The normalized spacial score (nSPS) is 16.4. The third kappa shape index (κ3) is 3.06. The average molecular weight is 403 g/mol. The van der Waals surface area contributed by atoms with Gasteiger partial charge in [0.25, 0.3) is 0 Å². The highest BCUT2D eigenvalue weighted by atomic mass is 16.6. The molecule has 1 unspecified atom stereocenters. The highest BCUT2D eigenvalue weighted by Gasteiger charge is 2.30. The summed E-state index contributed by atoms with van der Waals surface area (Å²) in [5.41, 5.74) is 3.22. The molecule has 1 atom stereocenters. The van der Waals surface area contributed by atoms with Gasteiger partial charge in [0, 0.05) is 18.6 Å². The third-order valence-corrected chi connectivity index (χ3v) is 5.21. The highest BCUT2D eigenvalue weighted by molar-refractivity contribution is 5.97. The number of imidazole rings is 1. The van der Waals surface area contributed by atoms with Crippen LogP contribution in [0.5, 0.6) is 5.88 Å². The van der Waals surface area contributed by atoms with Crippen LogP contribution in [-0.2, 0) is 4.84 Å². The van der Waals surface area contributed by atoms with Crippen LogP contribution in [-0.4, -0.2) is 46.0 Å². The standard InChI is InChI=1S/C22H21N5O3/c1-14-11-27(13-23-14)17-9-8-16(24-22(17)28-3)21-25-29-12-18(26(21)2)20-10-15-6-4-5-7-19(15)30-20/h4-11,13,18H,12H2,1-3H3. The van der Waals surface area contributed by atoms with E-state index in [1.165, 1.54) is 0 Å². The largest absolute Gasteiger partial charge is 0.479 e. The molecule has 5 rings (SSSR count). The summed E-state index contributed by atoms with van der Waals surface area (Å²) in [5, 5.41) is 5.32. The summed E-state index contributed by atoms with van der Waals surface area (Å²) in [4.78, 5) is 16.5. The van der Waals surface area contributed by atoms with Crippen LogP contribution in [0.25, 0.3) is 16.7 Å². The quantitative estimate of drug-likeness (QED) is 0.517. The molecular weight excluding hydrogens is 382 g/mol. The molecule has 8 nitrogen and oxygen atoms in total. The Morgan fingerprint density at radius 3 is 2.80 bits per heavy atom. The lowest BCUT2D eigenvalue weighted by Gasteiger charge is -2.31. The third-order valence-electron chi connectivity index (χ3n) is 5.21. The second-order valence-corrected chi connectivity index (χ2v) is 7.17. The molecule has 0 saturated carbocycles. The Bertz CT molecular complexity index is 1210. The lowest BCUT2D eigenvalue weighted by molar-refractivity contribution is 0.0618. The topological polar surface area (TPSA) is 77.9 Å². The number of aromatic nitrogens is 3. The van der Waals surface area contributed by atoms with Crippen LogP contribution < -0.4 is 4.74 Å². The molecule has 152 valence electrons. The second-order valence-electron chi connectivity index (χ2n) is 7.17. The Kier molecular flexibility index (Phi) is 4.39. The van der Waals surface area contributed by atoms with Crippen molar-refractivity contribution in [2.45, 2.75) is 13.0 Å². The molecule has 0 spiro atoms. The van der Waals surface area contributed by atoms with E-state index in [-0.39, 0.29) is 6.04 Å². The molecule has 0 N–H and O–H groups in total. The van der Waals surface area contributed by atoms with Crippen molar-refractivity contribution in [2.24, 2.45) is 5.16 Å². The van der Waals surface area contributed by atoms with E-state index in [9.17, 15) is 0 Å². The van der Waals surface area contributed by atoms with Crippen molar-refractivity contribution in [3.63, 3.8) is 0 Å². The van der Waals surface area contributed by atoms with Crippen molar-refractivity contribution >= 4 is 16.8 Å². The summed E-state index contributed by atoms with van der Waals surface area (Å²) < 4.78 is 13.5. The zero-order chi connectivity index (χ0) is 20.7. The molecule has 8 heteroatoms. The molecular formula is C22H21N5O3. The Morgan fingerprint density at radius 1 is 1.17 bits per heavy atom. The maximum absolute atomic E-state index is 6.05. The molecule has 3 aromatic heterocycles. The van der Waals surface area contributed by atoms with Crippen LogP contribution in [0.1, 0.15) is 23.2 Å². The first-order valence-electron chi connectivity index (χ1n) is 9.61. The van der Waals surface area contributed by atoms with Crippen LogP contribution in [0.15, 0.2) is 64.6 Å². The molecule has 4 heterocycles. The van der Waals surface area contributed by atoms with E-state index >= 15 is 0 Å². The summed E-state index contributed by atoms with van der Waals surface area (Å²) in [7, 11) is 3.56. The number of ether oxygens (including phenoxy) is 1. The first-order chi connectivity index (χ1) is 14.6. The van der Waals surface area contributed by atoms with E-state index in [1.54, 1.807) is 13.4 Å². The first-order valence-corrected chi connectivity index (χ1v) is 9.61. The van der Waals surface area contributed by atoms with Crippen molar-refractivity contribution in [3.8, 4) is 11.6 Å². The van der Waals surface area contributed by atoms with E-state index in [0.29, 0.717) is 24.0 Å². The minimum atomic E-state index is -0.117. The number of pyridine rings is 1. The van der Waals surface area contributed by atoms with Gasteiger partial charge in [-0.05, 0) is 31.2 Å². The molecule has 1 aliphatic heterocycles. The molecule has 0 bridgehead atoms. The van der Waals surface area contributed by atoms with E-state index in [4.69, 9.17) is 14.0 Å². The van der Waals surface area contributed by atoms with Crippen molar-refractivity contribution in [1.29, 1.82) is 0 Å². The van der Waals surface area contributed by atoms with Gasteiger partial charge in [-0.15, -0.1) is 0 Å². The number of benzene rings is 1. The van der Waals surface area contributed by atoms with Gasteiger partial charge in [0.15, 0.2) is 5.84 Å². The van der Waals surface area contributed by atoms with E-state index in [2.05, 4.69) is 15.1 Å². The summed E-state index contributed by atoms with van der Waals surface area (Å²) in [6.07, 6.45) is 3.66. The number of hydrogen-bond acceptors (Lipinski definition) is 7. The molecule has 0 amide bonds. The SMILES string of the molecule is COc1nc(C2=NOCC(c3cc4ccccc4o3)N2C)ccc1-n1cnc(C)c1. The maximum atomic E-state index is 6.05. The number of aryl methyl sites for hydroxylation is 1. The summed E-state index contributed by atoms with van der Waals surface area (Å²) in [6.45, 7) is 2.33. The first kappa shape index (κ1) is 18.2. The summed E-state index contributed by atoms with van der Waals surface area (Å²) in [6, 6.07) is 13.7. The van der Waals surface area contributed by atoms with E-state index < -0.39 is 0 Å². The minimum Gasteiger partial charge on any atom is -0.479 e. The molecule has 0 fully saturated rings. The van der Waals surface area contributed by atoms with Gasteiger partial charge in [-0.25, -0.2) is 9.97 Å².